The minimum atomic E-state index is -4.39. The number of ether oxygens (including phenoxy) is 1. The Bertz CT molecular complexity index is 1260. The first-order valence-electron chi connectivity index (χ1n) is 16.1. The Morgan fingerprint density at radius 1 is 1.02 bits per heavy atom. The smallest absolute Gasteiger partial charge is 0.408 e. The van der Waals surface area contributed by atoms with Gasteiger partial charge in [0.25, 0.3) is 5.91 Å². The Balaban J connectivity index is 1.59. The van der Waals surface area contributed by atoms with Crippen LogP contribution in [-0.2, 0) is 40.0 Å². The highest BCUT2D eigenvalue weighted by Gasteiger charge is 2.54. The second-order valence-electron chi connectivity index (χ2n) is 13.0. The van der Waals surface area contributed by atoms with Crippen molar-refractivity contribution in [2.75, 3.05) is 13.2 Å². The molecular formula is C32H50N4O8S. The van der Waals surface area contributed by atoms with Gasteiger partial charge in [-0.1, -0.05) is 75.8 Å². The predicted molar refractivity (Wildman–Crippen MR) is 169 cm³/mol. The SMILES string of the molecule is CCCCCCCC[C@H](NC(=O)OC(C)(C)C)C(=O)N1CCC[C@H]1C(=O)NC1(C(=O)NS(=O)(=O)OCCc2ccccc2)CC1. The summed E-state index contributed by atoms with van der Waals surface area (Å²) >= 11 is 0. The van der Waals surface area contributed by atoms with Crippen LogP contribution in [0.1, 0.15) is 104 Å². The zero-order valence-corrected chi connectivity index (χ0v) is 27.9. The van der Waals surface area contributed by atoms with Crippen molar-refractivity contribution in [2.45, 2.75) is 128 Å². The fraction of sp³-hybridized carbons (Fsp3) is 0.688. The van der Waals surface area contributed by atoms with E-state index in [1.807, 2.05) is 35.1 Å². The van der Waals surface area contributed by atoms with Gasteiger partial charge < -0.3 is 20.3 Å². The van der Waals surface area contributed by atoms with Gasteiger partial charge in [-0.25, -0.2) is 9.52 Å². The Labute approximate surface area is 267 Å². The second-order valence-corrected chi connectivity index (χ2v) is 14.3. The van der Waals surface area contributed by atoms with Crippen LogP contribution in [0, 0.1) is 0 Å². The van der Waals surface area contributed by atoms with Gasteiger partial charge in [-0.2, -0.15) is 8.42 Å². The molecule has 1 aliphatic carbocycles. The third kappa shape index (κ3) is 11.9. The Hall–Kier alpha value is -3.19. The number of rotatable bonds is 17. The number of carbonyl (C=O) groups is 4. The summed E-state index contributed by atoms with van der Waals surface area (Å²) in [6.07, 6.45) is 7.57. The van der Waals surface area contributed by atoms with Crippen LogP contribution in [0.3, 0.4) is 0 Å². The molecular weight excluding hydrogens is 600 g/mol. The summed E-state index contributed by atoms with van der Waals surface area (Å²) in [5.41, 5.74) is -1.25. The van der Waals surface area contributed by atoms with E-state index in [9.17, 15) is 27.6 Å². The molecule has 3 rings (SSSR count). The maximum Gasteiger partial charge on any atom is 0.408 e. The first-order valence-corrected chi connectivity index (χ1v) is 17.5. The lowest BCUT2D eigenvalue weighted by Gasteiger charge is -2.30. The number of hydrogen-bond donors (Lipinski definition) is 3. The normalized spacial score (nSPS) is 18.1. The van der Waals surface area contributed by atoms with Crippen LogP contribution in [0.4, 0.5) is 4.79 Å². The highest BCUT2D eigenvalue weighted by molar-refractivity contribution is 7.85. The Morgan fingerprint density at radius 3 is 2.33 bits per heavy atom. The molecule has 1 heterocycles. The number of hydrogen-bond acceptors (Lipinski definition) is 8. The standard InChI is InChI=1S/C32H50N4O8S/c1-5-6-7-8-9-13-17-25(33-30(40)44-31(2,3)4)28(38)36-22-14-18-26(36)27(37)34-32(20-21-32)29(39)35-45(41,42)43-23-19-24-15-11-10-12-16-24/h10-12,15-16,25-26H,5-9,13-14,17-23H2,1-4H3,(H,33,40)(H,34,37)(H,35,39)/t25-,26-/m0/s1. The molecule has 1 aromatic rings. The summed E-state index contributed by atoms with van der Waals surface area (Å²) in [5.74, 6) is -1.79. The van der Waals surface area contributed by atoms with E-state index in [-0.39, 0.29) is 25.4 Å². The molecule has 3 N–H and O–H groups in total. The van der Waals surface area contributed by atoms with Crippen LogP contribution >= 0.6 is 0 Å². The third-order valence-corrected chi connectivity index (χ3v) is 8.82. The molecule has 4 amide bonds. The van der Waals surface area contributed by atoms with Crippen LogP contribution in [0.15, 0.2) is 30.3 Å². The molecule has 0 radical (unpaired) electrons. The maximum atomic E-state index is 13.7. The highest BCUT2D eigenvalue weighted by atomic mass is 32.2. The molecule has 1 saturated carbocycles. The lowest BCUT2D eigenvalue weighted by atomic mass is 10.0. The summed E-state index contributed by atoms with van der Waals surface area (Å²) in [6, 6.07) is 7.47. The number of nitrogens with zero attached hydrogens (tertiary/aromatic N) is 1. The minimum Gasteiger partial charge on any atom is -0.444 e. The van der Waals surface area contributed by atoms with Crippen molar-refractivity contribution < 1.29 is 36.5 Å². The fourth-order valence-electron chi connectivity index (χ4n) is 5.35. The first kappa shape index (κ1) is 36.3. The second kappa shape index (κ2) is 16.4. The van der Waals surface area contributed by atoms with Crippen LogP contribution in [0.25, 0.3) is 0 Å². The van der Waals surface area contributed by atoms with Crippen molar-refractivity contribution in [1.82, 2.24) is 20.3 Å². The van der Waals surface area contributed by atoms with Gasteiger partial charge >= 0.3 is 16.4 Å². The molecule has 0 spiro atoms. The molecule has 0 aromatic heterocycles. The third-order valence-electron chi connectivity index (χ3n) is 7.91. The molecule has 2 aliphatic rings. The quantitative estimate of drug-likeness (QED) is 0.214. The van der Waals surface area contributed by atoms with Gasteiger partial charge in [-0.15, -0.1) is 0 Å². The van der Waals surface area contributed by atoms with E-state index in [0.717, 1.165) is 44.1 Å². The van der Waals surface area contributed by atoms with Crippen molar-refractivity contribution in [3.05, 3.63) is 35.9 Å². The summed E-state index contributed by atoms with van der Waals surface area (Å²) in [4.78, 5) is 54.2. The molecule has 2 fully saturated rings. The van der Waals surface area contributed by atoms with Crippen molar-refractivity contribution in [3.63, 3.8) is 0 Å². The predicted octanol–water partition coefficient (Wildman–Crippen LogP) is 3.89. The average Bonchev–Trinajstić information content (AvgIpc) is 3.57. The zero-order chi connectivity index (χ0) is 33.1. The van der Waals surface area contributed by atoms with E-state index in [0.29, 0.717) is 32.2 Å². The Kier molecular flexibility index (Phi) is 13.2. The van der Waals surface area contributed by atoms with Crippen LogP contribution in [0.2, 0.25) is 0 Å². The van der Waals surface area contributed by atoms with E-state index in [1.165, 1.54) is 4.90 Å². The zero-order valence-electron chi connectivity index (χ0n) is 27.1. The van der Waals surface area contributed by atoms with Gasteiger partial charge in [-0.05, 0) is 64.9 Å². The summed E-state index contributed by atoms with van der Waals surface area (Å²) < 4.78 is 37.2. The van der Waals surface area contributed by atoms with Crippen molar-refractivity contribution in [1.29, 1.82) is 0 Å². The number of nitrogens with one attached hydrogen (secondary N) is 3. The van der Waals surface area contributed by atoms with Crippen LogP contribution < -0.4 is 15.4 Å². The van der Waals surface area contributed by atoms with E-state index in [2.05, 4.69) is 17.6 Å². The van der Waals surface area contributed by atoms with Gasteiger partial charge in [0, 0.05) is 6.54 Å². The lowest BCUT2D eigenvalue weighted by Crippen LogP contribution is -2.57. The minimum absolute atomic E-state index is 0.150. The molecule has 1 aromatic carbocycles. The van der Waals surface area contributed by atoms with Gasteiger partial charge in [0.05, 0.1) is 6.61 Å². The average molecular weight is 651 g/mol. The number of benzene rings is 1. The van der Waals surface area contributed by atoms with Gasteiger partial charge in [-0.3, -0.25) is 18.6 Å². The molecule has 0 bridgehead atoms. The van der Waals surface area contributed by atoms with Crippen molar-refractivity contribution >= 4 is 34.1 Å². The number of amides is 4. The van der Waals surface area contributed by atoms with E-state index < -0.39 is 51.4 Å². The fourth-order valence-corrected chi connectivity index (χ4v) is 6.13. The molecule has 2 atom stereocenters. The van der Waals surface area contributed by atoms with Crippen LogP contribution in [-0.4, -0.2) is 73.5 Å². The number of likely N-dealkylation sites (tertiary alicyclic amines) is 1. The molecule has 45 heavy (non-hydrogen) atoms. The van der Waals surface area contributed by atoms with E-state index >= 15 is 0 Å². The van der Waals surface area contributed by atoms with Crippen molar-refractivity contribution in [2.24, 2.45) is 0 Å². The van der Waals surface area contributed by atoms with Crippen molar-refractivity contribution in [3.8, 4) is 0 Å². The molecule has 1 saturated heterocycles. The maximum absolute atomic E-state index is 13.7. The monoisotopic (exact) mass is 650 g/mol. The molecule has 13 heteroatoms. The van der Waals surface area contributed by atoms with E-state index in [4.69, 9.17) is 8.92 Å². The van der Waals surface area contributed by atoms with Crippen LogP contribution in [0.5, 0.6) is 0 Å². The van der Waals surface area contributed by atoms with Gasteiger partial charge in [0.15, 0.2) is 0 Å². The molecule has 12 nitrogen and oxygen atoms in total. The first-order chi connectivity index (χ1) is 21.3. The topological polar surface area (TPSA) is 160 Å². The molecule has 0 unspecified atom stereocenters. The number of unbranched alkanes of at least 4 members (excludes halogenated alkanes) is 5. The molecule has 252 valence electrons. The molecule has 1 aliphatic heterocycles. The summed E-state index contributed by atoms with van der Waals surface area (Å²) in [6.45, 7) is 7.53. The Morgan fingerprint density at radius 2 is 1.69 bits per heavy atom. The van der Waals surface area contributed by atoms with E-state index in [1.54, 1.807) is 20.8 Å². The lowest BCUT2D eigenvalue weighted by molar-refractivity contribution is -0.141. The number of alkyl carbamates (subject to hydrolysis) is 1. The largest absolute Gasteiger partial charge is 0.444 e. The van der Waals surface area contributed by atoms with Gasteiger partial charge in [0.1, 0.15) is 23.2 Å². The summed E-state index contributed by atoms with van der Waals surface area (Å²) in [5, 5.41) is 5.42. The number of carbonyl (C=O) groups excluding carboxylic acids is 4. The summed E-state index contributed by atoms with van der Waals surface area (Å²) in [7, 11) is -4.39. The van der Waals surface area contributed by atoms with Gasteiger partial charge in [0.2, 0.25) is 11.8 Å². The highest BCUT2D eigenvalue weighted by Crippen LogP contribution is 2.36.